The molecule has 3 N–H and O–H groups in total. The molecular weight excluding hydrogens is 496 g/mol. The summed E-state index contributed by atoms with van der Waals surface area (Å²) in [5.74, 6) is 0.772. The van der Waals surface area contributed by atoms with E-state index in [4.69, 9.17) is 9.57 Å². The smallest absolute Gasteiger partial charge is 0.305 e. The average Bonchev–Trinajstić information content (AvgIpc) is 3.17. The van der Waals surface area contributed by atoms with Gasteiger partial charge >= 0.3 is 5.97 Å². The van der Waals surface area contributed by atoms with Gasteiger partial charge in [-0.05, 0) is 119 Å². The topological polar surface area (TPSA) is 117 Å². The third-order valence-corrected chi connectivity index (χ3v) is 11.3. The van der Waals surface area contributed by atoms with Gasteiger partial charge in [0.2, 0.25) is 0 Å². The second-order valence-corrected chi connectivity index (χ2v) is 14.1. The van der Waals surface area contributed by atoms with Crippen molar-refractivity contribution in [2.45, 2.75) is 116 Å². The van der Waals surface area contributed by atoms with Crippen LogP contribution in [0.25, 0.3) is 0 Å². The number of oxime groups is 1. The van der Waals surface area contributed by atoms with Crippen molar-refractivity contribution in [2.75, 3.05) is 13.2 Å². The molecule has 1 aliphatic heterocycles. The lowest BCUT2D eigenvalue weighted by Crippen LogP contribution is -2.51. The first-order chi connectivity index (χ1) is 18.4. The number of nitrogens with one attached hydrogen (secondary N) is 1. The van der Waals surface area contributed by atoms with Crippen LogP contribution >= 0.6 is 0 Å². The third-order valence-electron chi connectivity index (χ3n) is 11.3. The number of allylic oxidation sites excluding steroid dienone is 2. The highest BCUT2D eigenvalue weighted by molar-refractivity contribution is 5.96. The van der Waals surface area contributed by atoms with E-state index < -0.39 is 12.0 Å². The predicted octanol–water partition coefficient (Wildman–Crippen LogP) is 4.85. The number of amides is 1. The van der Waals surface area contributed by atoms with Crippen molar-refractivity contribution in [1.82, 2.24) is 5.32 Å². The number of ether oxygens (including phenoxy) is 1. The number of carboxylic acids is 1. The van der Waals surface area contributed by atoms with Crippen LogP contribution in [0.15, 0.2) is 16.8 Å². The van der Waals surface area contributed by atoms with Crippen LogP contribution in [-0.2, 0) is 19.2 Å². The molecule has 0 bridgehead atoms. The van der Waals surface area contributed by atoms with E-state index in [2.05, 4.69) is 30.4 Å². The van der Waals surface area contributed by atoms with Crippen molar-refractivity contribution in [3.8, 4) is 0 Å². The molecule has 0 unspecified atom stereocenters. The first kappa shape index (κ1) is 28.6. The number of nitrogens with zero attached hydrogens (tertiary/aromatic N) is 1. The maximum atomic E-state index is 12.7. The van der Waals surface area contributed by atoms with Gasteiger partial charge in [-0.3, -0.25) is 9.59 Å². The first-order valence-corrected chi connectivity index (χ1v) is 15.1. The molecule has 0 aromatic carbocycles. The molecule has 0 radical (unpaired) electrons. The molecule has 8 nitrogen and oxygen atoms in total. The summed E-state index contributed by atoms with van der Waals surface area (Å²) in [6.45, 7) is 9.10. The fourth-order valence-corrected chi connectivity index (χ4v) is 9.18. The van der Waals surface area contributed by atoms with Crippen LogP contribution in [0.5, 0.6) is 0 Å². The standard InChI is InChI=1S/C31H48N2O6/c1-29(2)17-19(11-14-38-29)25(16-28(36)37)32-27(35)18-39-33-21-9-12-30(3)20(15-21)5-6-22-23-7-8-26(34)31(23,4)13-10-24(22)30/h15,19,22-26,34H,5-14,16-18H2,1-4H3,(H,32,35)(H,36,37)/t19-,22-,23+,24+,25+,26-,30+,31+/m1/s1. The zero-order valence-corrected chi connectivity index (χ0v) is 24.2. The third kappa shape index (κ3) is 5.65. The molecule has 0 aromatic rings. The van der Waals surface area contributed by atoms with Crippen LogP contribution in [0.1, 0.15) is 98.3 Å². The zero-order valence-electron chi connectivity index (χ0n) is 24.2. The number of hydrogen-bond acceptors (Lipinski definition) is 6. The number of aliphatic carboxylic acids is 1. The fourth-order valence-electron chi connectivity index (χ4n) is 9.18. The van der Waals surface area contributed by atoms with Gasteiger partial charge in [-0.1, -0.05) is 24.6 Å². The number of carbonyl (C=O) groups excluding carboxylic acids is 1. The average molecular weight is 545 g/mol. The van der Waals surface area contributed by atoms with Gasteiger partial charge in [-0.25, -0.2) is 0 Å². The van der Waals surface area contributed by atoms with Gasteiger partial charge in [-0.2, -0.15) is 0 Å². The maximum Gasteiger partial charge on any atom is 0.305 e. The summed E-state index contributed by atoms with van der Waals surface area (Å²) in [5, 5.41) is 27.3. The number of fused-ring (bicyclic) bond motifs is 5. The molecular formula is C31H48N2O6. The Hall–Kier alpha value is -1.93. The van der Waals surface area contributed by atoms with E-state index in [9.17, 15) is 19.8 Å². The Morgan fingerprint density at radius 3 is 2.64 bits per heavy atom. The minimum atomic E-state index is -0.927. The lowest BCUT2D eigenvalue weighted by atomic mass is 9.47. The van der Waals surface area contributed by atoms with E-state index in [1.807, 2.05) is 13.8 Å². The Balaban J connectivity index is 1.18. The van der Waals surface area contributed by atoms with Gasteiger partial charge < -0.3 is 25.1 Å². The Labute approximate surface area is 233 Å². The highest BCUT2D eigenvalue weighted by Crippen LogP contribution is 2.65. The van der Waals surface area contributed by atoms with Gasteiger partial charge in [0.05, 0.1) is 23.8 Å². The van der Waals surface area contributed by atoms with Gasteiger partial charge in [0.1, 0.15) is 0 Å². The van der Waals surface area contributed by atoms with Crippen molar-refractivity contribution in [1.29, 1.82) is 0 Å². The molecule has 39 heavy (non-hydrogen) atoms. The lowest BCUT2D eigenvalue weighted by molar-refractivity contribution is -0.139. The molecule has 1 amide bonds. The Bertz CT molecular complexity index is 1020. The van der Waals surface area contributed by atoms with Crippen LogP contribution in [-0.4, -0.2) is 58.8 Å². The van der Waals surface area contributed by atoms with Crippen LogP contribution < -0.4 is 5.32 Å². The highest BCUT2D eigenvalue weighted by atomic mass is 16.6. The van der Waals surface area contributed by atoms with E-state index in [-0.39, 0.29) is 47.4 Å². The van der Waals surface area contributed by atoms with Crippen molar-refractivity contribution in [3.63, 3.8) is 0 Å². The van der Waals surface area contributed by atoms with E-state index in [0.29, 0.717) is 30.8 Å². The quantitative estimate of drug-likeness (QED) is 0.395. The molecule has 3 saturated carbocycles. The zero-order chi connectivity index (χ0) is 28.0. The minimum absolute atomic E-state index is 0.0427. The molecule has 8 atom stereocenters. The lowest BCUT2D eigenvalue weighted by Gasteiger charge is -2.57. The second-order valence-electron chi connectivity index (χ2n) is 14.1. The SMILES string of the molecule is CC1(C)C[C@H]([C@H](CC(=O)O)NC(=O)CON=C2C=C3CC[C@@H]4[C@@H]5CC[C@@H](O)[C@@]5(C)CC[C@@H]4[C@@]3(C)CC2)CCO1. The maximum absolute atomic E-state index is 12.7. The fraction of sp³-hybridized carbons (Fsp3) is 0.839. The van der Waals surface area contributed by atoms with Crippen molar-refractivity contribution in [3.05, 3.63) is 11.6 Å². The van der Waals surface area contributed by atoms with Gasteiger partial charge in [0.25, 0.3) is 5.91 Å². The highest BCUT2D eigenvalue weighted by Gasteiger charge is 2.58. The van der Waals surface area contributed by atoms with Gasteiger partial charge in [0.15, 0.2) is 6.61 Å². The molecule has 4 fully saturated rings. The largest absolute Gasteiger partial charge is 0.481 e. The predicted molar refractivity (Wildman–Crippen MR) is 148 cm³/mol. The molecule has 218 valence electrons. The molecule has 5 aliphatic rings. The van der Waals surface area contributed by atoms with Crippen LogP contribution in [0.4, 0.5) is 0 Å². The Morgan fingerprint density at radius 2 is 1.90 bits per heavy atom. The Morgan fingerprint density at radius 1 is 1.10 bits per heavy atom. The minimum Gasteiger partial charge on any atom is -0.481 e. The molecule has 4 aliphatic carbocycles. The normalized spacial score (nSPS) is 41.0. The van der Waals surface area contributed by atoms with Crippen LogP contribution in [0.3, 0.4) is 0 Å². The molecule has 5 rings (SSSR count). The number of carbonyl (C=O) groups is 2. The molecule has 0 aromatic heterocycles. The summed E-state index contributed by atoms with van der Waals surface area (Å²) < 4.78 is 5.77. The number of carboxylic acid groups (broad SMARTS) is 1. The summed E-state index contributed by atoms with van der Waals surface area (Å²) in [5.41, 5.74) is 2.30. The van der Waals surface area contributed by atoms with Crippen LogP contribution in [0.2, 0.25) is 0 Å². The summed E-state index contributed by atoms with van der Waals surface area (Å²) in [4.78, 5) is 29.7. The molecule has 8 heteroatoms. The van der Waals surface area contributed by atoms with E-state index in [0.717, 1.165) is 50.7 Å². The summed E-state index contributed by atoms with van der Waals surface area (Å²) in [6.07, 6.45) is 11.9. The van der Waals surface area contributed by atoms with E-state index in [1.165, 1.54) is 18.4 Å². The second kappa shape index (κ2) is 10.8. The van der Waals surface area contributed by atoms with Crippen LogP contribution in [0, 0.1) is 34.5 Å². The molecule has 1 saturated heterocycles. The number of aliphatic hydroxyl groups is 1. The molecule has 1 heterocycles. The van der Waals surface area contributed by atoms with Crippen molar-refractivity contribution < 1.29 is 29.4 Å². The first-order valence-electron chi connectivity index (χ1n) is 15.1. The number of rotatable bonds is 7. The van der Waals surface area contributed by atoms with Crippen molar-refractivity contribution in [2.24, 2.45) is 39.7 Å². The summed E-state index contributed by atoms with van der Waals surface area (Å²) >= 11 is 0. The molecule has 0 spiro atoms. The van der Waals surface area contributed by atoms with E-state index in [1.54, 1.807) is 0 Å². The van der Waals surface area contributed by atoms with Gasteiger partial charge in [-0.15, -0.1) is 0 Å². The van der Waals surface area contributed by atoms with Crippen molar-refractivity contribution >= 4 is 17.6 Å². The van der Waals surface area contributed by atoms with E-state index >= 15 is 0 Å². The monoisotopic (exact) mass is 544 g/mol. The Kier molecular flexibility index (Phi) is 7.92. The summed E-state index contributed by atoms with van der Waals surface area (Å²) in [6, 6.07) is -0.458. The number of aliphatic hydroxyl groups excluding tert-OH is 1. The summed E-state index contributed by atoms with van der Waals surface area (Å²) in [7, 11) is 0. The van der Waals surface area contributed by atoms with Gasteiger partial charge in [0, 0.05) is 12.6 Å². The number of hydrogen-bond donors (Lipinski definition) is 3.